The van der Waals surface area contributed by atoms with Gasteiger partial charge in [-0.1, -0.05) is 12.1 Å². The molecule has 116 valence electrons. The lowest BCUT2D eigenvalue weighted by atomic mass is 10.1. The van der Waals surface area contributed by atoms with E-state index in [0.717, 1.165) is 0 Å². The van der Waals surface area contributed by atoms with Crippen molar-refractivity contribution >= 4 is 29.0 Å². The van der Waals surface area contributed by atoms with Gasteiger partial charge in [-0.25, -0.2) is 4.98 Å². The molecule has 0 aliphatic heterocycles. The van der Waals surface area contributed by atoms with Crippen molar-refractivity contribution < 1.29 is 18.0 Å². The Morgan fingerprint density at radius 1 is 1.36 bits per heavy atom. The number of aryl methyl sites for hydroxylation is 1. The molecule has 5 nitrogen and oxygen atoms in total. The van der Waals surface area contributed by atoms with Gasteiger partial charge in [-0.3, -0.25) is 4.79 Å². The van der Waals surface area contributed by atoms with E-state index in [1.54, 1.807) is 19.1 Å². The topological polar surface area (TPSA) is 80.9 Å². The summed E-state index contributed by atoms with van der Waals surface area (Å²) < 4.78 is 39.0. The van der Waals surface area contributed by atoms with E-state index in [9.17, 15) is 18.0 Å². The summed E-state index contributed by atoms with van der Waals surface area (Å²) in [6, 6.07) is 4.58. The number of hydrogen-bond acceptors (Lipinski definition) is 4. The van der Waals surface area contributed by atoms with E-state index in [4.69, 9.17) is 17.3 Å². The van der Waals surface area contributed by atoms with Crippen LogP contribution in [0.2, 0.25) is 5.28 Å². The number of amides is 1. The number of aromatic nitrogens is 2. The number of carbonyl (C=O) groups is 1. The number of alkyl halides is 3. The third-order valence-electron chi connectivity index (χ3n) is 2.85. The maximum absolute atomic E-state index is 13.0. The van der Waals surface area contributed by atoms with Crippen molar-refractivity contribution in [3.63, 3.8) is 0 Å². The van der Waals surface area contributed by atoms with Crippen LogP contribution in [-0.4, -0.2) is 15.9 Å². The molecule has 22 heavy (non-hydrogen) atoms. The molecule has 3 N–H and O–H groups in total. The smallest absolute Gasteiger partial charge is 0.366 e. The molecule has 0 radical (unpaired) electrons. The van der Waals surface area contributed by atoms with Crippen molar-refractivity contribution in [2.24, 2.45) is 5.73 Å². The molecule has 9 heteroatoms. The molecule has 1 amide bonds. The number of primary amides is 1. The molecule has 0 aliphatic rings. The standard InChI is InChI=1S/C13H10ClF3N4O/c1-6-3-2-4-7(10(18)22)9(6)20-11-8(13(15,16)17)5-19-12(14)21-11/h2-5H,1H3,(H2,18,22)(H,19,20,21). The minimum atomic E-state index is -4.68. The third-order valence-corrected chi connectivity index (χ3v) is 3.03. The van der Waals surface area contributed by atoms with Gasteiger partial charge in [0.15, 0.2) is 0 Å². The van der Waals surface area contributed by atoms with E-state index < -0.39 is 23.5 Å². The molecular formula is C13H10ClF3N4O. The lowest BCUT2D eigenvalue weighted by molar-refractivity contribution is -0.137. The van der Waals surface area contributed by atoms with Crippen LogP contribution in [0.1, 0.15) is 21.5 Å². The van der Waals surface area contributed by atoms with Crippen LogP contribution in [0.15, 0.2) is 24.4 Å². The van der Waals surface area contributed by atoms with E-state index in [0.29, 0.717) is 11.8 Å². The average Bonchev–Trinajstić information content (AvgIpc) is 2.39. The molecule has 0 fully saturated rings. The minimum Gasteiger partial charge on any atom is -0.366 e. The Kier molecular flexibility index (Phi) is 4.23. The van der Waals surface area contributed by atoms with E-state index in [1.165, 1.54) is 6.07 Å². The number of benzene rings is 1. The first-order chi connectivity index (χ1) is 10.2. The normalized spacial score (nSPS) is 11.3. The molecule has 1 heterocycles. The van der Waals surface area contributed by atoms with Crippen LogP contribution in [0, 0.1) is 6.92 Å². The minimum absolute atomic E-state index is 0.0443. The average molecular weight is 331 g/mol. The van der Waals surface area contributed by atoms with Gasteiger partial charge in [-0.2, -0.15) is 18.2 Å². The Labute approximate surface area is 128 Å². The number of para-hydroxylation sites is 1. The Morgan fingerprint density at radius 3 is 2.64 bits per heavy atom. The maximum Gasteiger partial charge on any atom is 0.421 e. The van der Waals surface area contributed by atoms with Crippen molar-refractivity contribution in [2.75, 3.05) is 5.32 Å². The maximum atomic E-state index is 13.0. The Hall–Kier alpha value is -2.35. The summed E-state index contributed by atoms with van der Waals surface area (Å²) >= 11 is 5.55. The largest absolute Gasteiger partial charge is 0.421 e. The number of rotatable bonds is 3. The van der Waals surface area contributed by atoms with Crippen LogP contribution in [0.3, 0.4) is 0 Å². The molecule has 0 unspecified atom stereocenters. The zero-order valence-electron chi connectivity index (χ0n) is 11.2. The van der Waals surface area contributed by atoms with Crippen molar-refractivity contribution in [2.45, 2.75) is 13.1 Å². The number of anilines is 2. The van der Waals surface area contributed by atoms with E-state index in [-0.39, 0.29) is 16.5 Å². The van der Waals surface area contributed by atoms with Crippen LogP contribution < -0.4 is 11.1 Å². The second-order valence-electron chi connectivity index (χ2n) is 4.39. The number of nitrogens with two attached hydrogens (primary N) is 1. The highest BCUT2D eigenvalue weighted by Gasteiger charge is 2.35. The summed E-state index contributed by atoms with van der Waals surface area (Å²) in [5, 5.41) is 2.12. The summed E-state index contributed by atoms with van der Waals surface area (Å²) in [6.07, 6.45) is -4.11. The summed E-state index contributed by atoms with van der Waals surface area (Å²) in [5.74, 6) is -1.33. The van der Waals surface area contributed by atoms with Gasteiger partial charge in [0, 0.05) is 6.20 Å². The molecule has 1 aromatic heterocycles. The van der Waals surface area contributed by atoms with Gasteiger partial charge < -0.3 is 11.1 Å². The SMILES string of the molecule is Cc1cccc(C(N)=O)c1Nc1nc(Cl)ncc1C(F)(F)F. The fraction of sp³-hybridized carbons (Fsp3) is 0.154. The molecule has 0 saturated carbocycles. The van der Waals surface area contributed by atoms with Crippen molar-refractivity contribution in [1.82, 2.24) is 9.97 Å². The molecule has 2 aromatic rings. The fourth-order valence-corrected chi connectivity index (χ4v) is 1.95. The number of halogens is 4. The predicted octanol–water partition coefficient (Wildman–Crippen LogP) is 3.30. The first-order valence-electron chi connectivity index (χ1n) is 5.96. The Balaban J connectivity index is 2.57. The zero-order valence-corrected chi connectivity index (χ0v) is 12.0. The second kappa shape index (κ2) is 5.80. The monoisotopic (exact) mass is 330 g/mol. The summed E-state index contributed by atoms with van der Waals surface area (Å²) in [6.45, 7) is 1.62. The predicted molar refractivity (Wildman–Crippen MR) is 75.0 cm³/mol. The summed E-state index contributed by atoms with van der Waals surface area (Å²) in [7, 11) is 0. The van der Waals surface area contributed by atoms with Gasteiger partial charge >= 0.3 is 6.18 Å². The van der Waals surface area contributed by atoms with Crippen molar-refractivity contribution in [1.29, 1.82) is 0 Å². The van der Waals surface area contributed by atoms with E-state index in [1.807, 2.05) is 0 Å². The number of nitrogens with one attached hydrogen (secondary N) is 1. The highest BCUT2D eigenvalue weighted by molar-refractivity contribution is 6.28. The van der Waals surface area contributed by atoms with E-state index in [2.05, 4.69) is 15.3 Å². The van der Waals surface area contributed by atoms with Gasteiger partial charge in [0.25, 0.3) is 5.91 Å². The fourth-order valence-electron chi connectivity index (χ4n) is 1.82. The summed E-state index contributed by atoms with van der Waals surface area (Å²) in [4.78, 5) is 18.3. The van der Waals surface area contributed by atoms with Crippen molar-refractivity contribution in [3.8, 4) is 0 Å². The van der Waals surface area contributed by atoms with Crippen LogP contribution in [0.4, 0.5) is 24.7 Å². The van der Waals surface area contributed by atoms with Gasteiger partial charge in [0.05, 0.1) is 11.3 Å². The van der Waals surface area contributed by atoms with Gasteiger partial charge in [0.1, 0.15) is 11.4 Å². The number of carbonyl (C=O) groups excluding carboxylic acids is 1. The lowest BCUT2D eigenvalue weighted by Crippen LogP contribution is -2.16. The molecule has 1 aromatic carbocycles. The molecule has 0 spiro atoms. The van der Waals surface area contributed by atoms with Crippen LogP contribution in [0.25, 0.3) is 0 Å². The molecule has 0 atom stereocenters. The Morgan fingerprint density at radius 2 is 2.05 bits per heavy atom. The zero-order chi connectivity index (χ0) is 16.5. The molecule has 2 rings (SSSR count). The lowest BCUT2D eigenvalue weighted by Gasteiger charge is -2.16. The molecule has 0 saturated heterocycles. The van der Waals surface area contributed by atoms with E-state index >= 15 is 0 Å². The van der Waals surface area contributed by atoms with Crippen molar-refractivity contribution in [3.05, 3.63) is 46.4 Å². The number of nitrogens with zero attached hydrogens (tertiary/aromatic N) is 2. The quantitative estimate of drug-likeness (QED) is 0.846. The highest BCUT2D eigenvalue weighted by Crippen LogP contribution is 2.36. The van der Waals surface area contributed by atoms with Gasteiger partial charge in [-0.05, 0) is 30.2 Å². The number of hydrogen-bond donors (Lipinski definition) is 2. The van der Waals surface area contributed by atoms with Gasteiger partial charge in [-0.15, -0.1) is 0 Å². The Bertz CT molecular complexity index is 734. The van der Waals surface area contributed by atoms with Crippen LogP contribution in [0.5, 0.6) is 0 Å². The highest BCUT2D eigenvalue weighted by atomic mass is 35.5. The summed E-state index contributed by atoms with van der Waals surface area (Å²) in [5.41, 5.74) is 4.84. The molecule has 0 bridgehead atoms. The second-order valence-corrected chi connectivity index (χ2v) is 4.72. The van der Waals surface area contributed by atoms with Crippen LogP contribution >= 0.6 is 11.6 Å². The molecular weight excluding hydrogens is 321 g/mol. The van der Waals surface area contributed by atoms with Crippen LogP contribution in [-0.2, 0) is 6.18 Å². The first-order valence-corrected chi connectivity index (χ1v) is 6.34. The molecule has 0 aliphatic carbocycles. The third kappa shape index (κ3) is 3.28. The van der Waals surface area contributed by atoms with Gasteiger partial charge in [0.2, 0.25) is 5.28 Å². The first kappa shape index (κ1) is 16.0.